The normalized spacial score (nSPS) is 15.9. The van der Waals surface area contributed by atoms with E-state index in [4.69, 9.17) is 9.40 Å². The summed E-state index contributed by atoms with van der Waals surface area (Å²) in [6.07, 6.45) is 6.28. The third-order valence-corrected chi connectivity index (χ3v) is 7.63. The summed E-state index contributed by atoms with van der Waals surface area (Å²) in [6, 6.07) is 10.6. The van der Waals surface area contributed by atoms with E-state index in [1.807, 2.05) is 51.6 Å². The molecule has 1 aliphatic rings. The van der Waals surface area contributed by atoms with Crippen LogP contribution in [0.5, 0.6) is 0 Å². The van der Waals surface area contributed by atoms with Crippen molar-refractivity contribution in [1.82, 2.24) is 34.9 Å². The van der Waals surface area contributed by atoms with Crippen LogP contribution in [0, 0.1) is 6.92 Å². The SMILES string of the molecule is Cc1cc(-c2nc3nccc(-c4ccc5c(c4)CCCC[C@H]5CC(=O)c4nnc(C(C)(C)C)o4)c3[nH]2)nn1C. The third-order valence-electron chi connectivity index (χ3n) is 7.63. The Kier molecular flexibility index (Phi) is 6.16. The number of aryl methyl sites for hydroxylation is 3. The molecule has 0 fully saturated rings. The van der Waals surface area contributed by atoms with Crippen molar-refractivity contribution >= 4 is 16.9 Å². The number of imidazole rings is 1. The van der Waals surface area contributed by atoms with E-state index in [9.17, 15) is 4.79 Å². The van der Waals surface area contributed by atoms with Crippen LogP contribution in [0.3, 0.4) is 0 Å². The number of aromatic amines is 1. The maximum absolute atomic E-state index is 13.1. The number of ketones is 1. The molecule has 4 aromatic heterocycles. The zero-order valence-corrected chi connectivity index (χ0v) is 23.1. The minimum atomic E-state index is -0.290. The van der Waals surface area contributed by atoms with Gasteiger partial charge in [-0.05, 0) is 60.9 Å². The maximum atomic E-state index is 13.1. The first kappa shape index (κ1) is 25.2. The Balaban J connectivity index is 1.31. The summed E-state index contributed by atoms with van der Waals surface area (Å²) in [5.41, 5.74) is 7.80. The molecule has 0 spiro atoms. The van der Waals surface area contributed by atoms with Crippen LogP contribution < -0.4 is 0 Å². The summed E-state index contributed by atoms with van der Waals surface area (Å²) in [4.78, 5) is 25.8. The fourth-order valence-corrected chi connectivity index (χ4v) is 5.36. The second-order valence-corrected chi connectivity index (χ2v) is 11.6. The molecule has 0 saturated heterocycles. The van der Waals surface area contributed by atoms with Gasteiger partial charge in [-0.1, -0.05) is 45.4 Å². The van der Waals surface area contributed by atoms with E-state index in [0.717, 1.165) is 53.7 Å². The first-order valence-electron chi connectivity index (χ1n) is 13.5. The van der Waals surface area contributed by atoms with Crippen molar-refractivity contribution in [2.24, 2.45) is 7.05 Å². The number of fused-ring (bicyclic) bond motifs is 2. The van der Waals surface area contributed by atoms with Crippen molar-refractivity contribution < 1.29 is 9.21 Å². The van der Waals surface area contributed by atoms with Gasteiger partial charge < -0.3 is 9.40 Å². The molecule has 6 rings (SSSR count). The molecule has 0 radical (unpaired) electrons. The minimum Gasteiger partial charge on any atom is -0.418 e. The number of H-pyrrole nitrogens is 1. The molecule has 9 heteroatoms. The van der Waals surface area contributed by atoms with Gasteiger partial charge in [-0.15, -0.1) is 10.2 Å². The molecule has 4 heterocycles. The van der Waals surface area contributed by atoms with Crippen LogP contribution in [0.25, 0.3) is 33.8 Å². The zero-order chi connectivity index (χ0) is 27.3. The maximum Gasteiger partial charge on any atom is 0.284 e. The van der Waals surface area contributed by atoms with Gasteiger partial charge in [0.15, 0.2) is 11.5 Å². The van der Waals surface area contributed by atoms with Crippen LogP contribution in [0.15, 0.2) is 40.9 Å². The van der Waals surface area contributed by atoms with Gasteiger partial charge in [-0.2, -0.15) is 5.10 Å². The molecule has 0 aliphatic heterocycles. The summed E-state index contributed by atoms with van der Waals surface area (Å²) >= 11 is 0. The number of hydrogen-bond acceptors (Lipinski definition) is 7. The Morgan fingerprint density at radius 2 is 2.00 bits per heavy atom. The fourth-order valence-electron chi connectivity index (χ4n) is 5.36. The lowest BCUT2D eigenvalue weighted by molar-refractivity contribution is 0.0935. The second-order valence-electron chi connectivity index (χ2n) is 11.6. The van der Waals surface area contributed by atoms with E-state index in [0.29, 0.717) is 23.8 Å². The average molecular weight is 524 g/mol. The number of pyridine rings is 1. The van der Waals surface area contributed by atoms with E-state index in [2.05, 4.69) is 43.5 Å². The van der Waals surface area contributed by atoms with Crippen LogP contribution >= 0.6 is 0 Å². The first-order valence-corrected chi connectivity index (χ1v) is 13.5. The Morgan fingerprint density at radius 1 is 1.15 bits per heavy atom. The summed E-state index contributed by atoms with van der Waals surface area (Å²) in [7, 11) is 1.92. The molecule has 39 heavy (non-hydrogen) atoms. The van der Waals surface area contributed by atoms with Crippen molar-refractivity contribution in [3.8, 4) is 22.6 Å². The number of benzene rings is 1. The largest absolute Gasteiger partial charge is 0.418 e. The van der Waals surface area contributed by atoms with Gasteiger partial charge in [-0.25, -0.2) is 9.97 Å². The van der Waals surface area contributed by atoms with Crippen LogP contribution in [0.2, 0.25) is 0 Å². The molecule has 0 amide bonds. The quantitative estimate of drug-likeness (QED) is 0.219. The second kappa shape index (κ2) is 9.55. The molecule has 1 atom stereocenters. The molecule has 1 N–H and O–H groups in total. The Morgan fingerprint density at radius 3 is 2.74 bits per heavy atom. The van der Waals surface area contributed by atoms with Crippen molar-refractivity contribution in [1.29, 1.82) is 0 Å². The van der Waals surface area contributed by atoms with Gasteiger partial charge in [0.1, 0.15) is 5.69 Å². The highest BCUT2D eigenvalue weighted by molar-refractivity contribution is 5.93. The third kappa shape index (κ3) is 4.77. The molecule has 1 aliphatic carbocycles. The molecular formula is C30H33N7O2. The molecule has 200 valence electrons. The van der Waals surface area contributed by atoms with Crippen LogP contribution in [0.1, 0.15) is 85.8 Å². The molecule has 0 bridgehead atoms. The number of rotatable bonds is 5. The zero-order valence-electron chi connectivity index (χ0n) is 23.1. The number of Topliss-reactive ketones (excluding diaryl/α,β-unsaturated/α-hetero) is 1. The van der Waals surface area contributed by atoms with Crippen LogP contribution in [-0.4, -0.2) is 40.7 Å². The molecule has 0 unspecified atom stereocenters. The monoisotopic (exact) mass is 523 g/mol. The van der Waals surface area contributed by atoms with Gasteiger partial charge in [0, 0.05) is 36.3 Å². The Hall–Kier alpha value is -4.14. The van der Waals surface area contributed by atoms with Crippen molar-refractivity contribution in [3.05, 3.63) is 65.1 Å². The molecule has 0 saturated carbocycles. The van der Waals surface area contributed by atoms with E-state index >= 15 is 0 Å². The van der Waals surface area contributed by atoms with Crippen molar-refractivity contribution in [2.75, 3.05) is 0 Å². The standard InChI is InChI=1S/C30H33N7O2/c1-17-14-23(36-37(17)5)26-32-25-22(12-13-31-27(25)33-26)20-10-11-21-18(15-20)8-6-7-9-19(21)16-24(38)28-34-35-29(39-28)30(2,3)4/h10-15,19H,6-9,16H2,1-5H3,(H,31,32,33)/t19-/m0/s1. The Labute approximate surface area is 227 Å². The lowest BCUT2D eigenvalue weighted by atomic mass is 9.87. The van der Waals surface area contributed by atoms with Crippen molar-refractivity contribution in [3.63, 3.8) is 0 Å². The van der Waals surface area contributed by atoms with E-state index in [1.54, 1.807) is 6.20 Å². The van der Waals surface area contributed by atoms with Crippen LogP contribution in [-0.2, 0) is 18.9 Å². The summed E-state index contributed by atoms with van der Waals surface area (Å²) < 4.78 is 7.58. The number of nitrogens with zero attached hydrogens (tertiary/aromatic N) is 6. The lowest BCUT2D eigenvalue weighted by Crippen LogP contribution is -2.11. The van der Waals surface area contributed by atoms with Gasteiger partial charge in [-0.3, -0.25) is 9.48 Å². The van der Waals surface area contributed by atoms with Gasteiger partial charge >= 0.3 is 0 Å². The number of carbonyl (C=O) groups excluding carboxylic acids is 1. The Bertz CT molecular complexity index is 1670. The predicted octanol–water partition coefficient (Wildman–Crippen LogP) is 6.10. The minimum absolute atomic E-state index is 0.0921. The molecule has 9 nitrogen and oxygen atoms in total. The highest BCUT2D eigenvalue weighted by atomic mass is 16.4. The molecular weight excluding hydrogens is 490 g/mol. The average Bonchev–Trinajstić information content (AvgIpc) is 3.61. The number of carbonyl (C=O) groups is 1. The van der Waals surface area contributed by atoms with Gasteiger partial charge in [0.2, 0.25) is 11.7 Å². The summed E-state index contributed by atoms with van der Waals surface area (Å²) in [5.74, 6) is 1.33. The van der Waals surface area contributed by atoms with Crippen LogP contribution in [0.4, 0.5) is 0 Å². The van der Waals surface area contributed by atoms with Gasteiger partial charge in [0.25, 0.3) is 5.89 Å². The van der Waals surface area contributed by atoms with E-state index < -0.39 is 0 Å². The summed E-state index contributed by atoms with van der Waals surface area (Å²) in [6.45, 7) is 8.00. The van der Waals surface area contributed by atoms with Crippen molar-refractivity contribution in [2.45, 2.75) is 71.1 Å². The fraction of sp³-hybridized carbons (Fsp3) is 0.400. The summed E-state index contributed by atoms with van der Waals surface area (Å²) in [5, 5.41) is 12.7. The topological polar surface area (TPSA) is 115 Å². The smallest absolute Gasteiger partial charge is 0.284 e. The molecule has 5 aromatic rings. The van der Waals surface area contributed by atoms with E-state index in [-0.39, 0.29) is 23.0 Å². The first-order chi connectivity index (χ1) is 18.7. The predicted molar refractivity (Wildman–Crippen MR) is 149 cm³/mol. The number of hydrogen-bond donors (Lipinski definition) is 1. The highest BCUT2D eigenvalue weighted by Gasteiger charge is 2.28. The number of aromatic nitrogens is 7. The number of nitrogens with one attached hydrogen (secondary N) is 1. The highest BCUT2D eigenvalue weighted by Crippen LogP contribution is 2.37. The van der Waals surface area contributed by atoms with Gasteiger partial charge in [0.05, 0.1) is 5.52 Å². The molecule has 1 aromatic carbocycles. The van der Waals surface area contributed by atoms with E-state index in [1.165, 1.54) is 11.1 Å². The lowest BCUT2D eigenvalue weighted by Gasteiger charge is -2.17.